The van der Waals surface area contributed by atoms with Gasteiger partial charge in [-0.05, 0) is 38.5 Å². The number of allylic oxidation sites excluding steroid dienone is 5. The maximum atomic E-state index is 12.6. The van der Waals surface area contributed by atoms with E-state index in [1.807, 2.05) is 6.92 Å². The summed E-state index contributed by atoms with van der Waals surface area (Å²) in [5.74, 6) is -0.286. The second-order valence-corrected chi connectivity index (χ2v) is 9.83. The first kappa shape index (κ1) is 24.1. The van der Waals surface area contributed by atoms with Crippen molar-refractivity contribution in [1.29, 1.82) is 0 Å². The van der Waals surface area contributed by atoms with Crippen LogP contribution < -0.4 is 0 Å². The van der Waals surface area contributed by atoms with Gasteiger partial charge in [-0.25, -0.2) is 4.79 Å². The summed E-state index contributed by atoms with van der Waals surface area (Å²) in [6, 6.07) is -0.218. The molecule has 5 atom stereocenters. The maximum Gasteiger partial charge on any atom is 0.330 e. The lowest BCUT2D eigenvalue weighted by molar-refractivity contribution is -0.304. The standard InChI is InChI=1S/C24H35NO5S/c1-17-9-7-5-6-8-10-18(2)13-22(26)29-20-14-19(12-11-17)30-24(15-20,28-4)21-16-31-23(27)25(21)3/h5-7,9,13,17,19-21H,8,10-12,14-16H2,1-4H3/b6-5+,9-7-,18-13-/t17-,19-,20-,21+,24-/m1/s1. The third-order valence-electron chi connectivity index (χ3n) is 6.36. The molecule has 2 bridgehead atoms. The van der Waals surface area contributed by atoms with Crippen molar-refractivity contribution in [2.45, 2.75) is 76.4 Å². The third-order valence-corrected chi connectivity index (χ3v) is 7.38. The highest BCUT2D eigenvalue weighted by Gasteiger charge is 2.53. The van der Waals surface area contributed by atoms with Crippen molar-refractivity contribution in [1.82, 2.24) is 4.90 Å². The summed E-state index contributed by atoms with van der Waals surface area (Å²) in [6.07, 6.45) is 14.2. The summed E-state index contributed by atoms with van der Waals surface area (Å²) in [7, 11) is 3.41. The molecule has 7 heteroatoms. The predicted molar refractivity (Wildman–Crippen MR) is 123 cm³/mol. The summed E-state index contributed by atoms with van der Waals surface area (Å²) in [4.78, 5) is 26.5. The number of carbonyl (C=O) groups is 2. The van der Waals surface area contributed by atoms with Crippen LogP contribution in [0.1, 0.15) is 52.4 Å². The van der Waals surface area contributed by atoms with E-state index in [0.717, 1.165) is 31.3 Å². The van der Waals surface area contributed by atoms with Gasteiger partial charge >= 0.3 is 5.97 Å². The molecule has 172 valence electrons. The zero-order valence-corrected chi connectivity index (χ0v) is 19.9. The van der Waals surface area contributed by atoms with Crippen LogP contribution in [0, 0.1) is 5.92 Å². The predicted octanol–water partition coefficient (Wildman–Crippen LogP) is 4.86. The molecular weight excluding hydrogens is 414 g/mol. The number of ether oxygens (including phenoxy) is 3. The SMILES string of the molecule is CO[C@]1([C@@H]2CSC(=O)N2C)C[C@H]2C[C@@H](CC[C@H](C)/C=C\C=C\CC/C(C)=C\C(=O)O2)O1. The molecule has 0 saturated carbocycles. The first-order valence-corrected chi connectivity index (χ1v) is 12.1. The average molecular weight is 450 g/mol. The second-order valence-electron chi connectivity index (χ2n) is 8.86. The van der Waals surface area contributed by atoms with E-state index in [4.69, 9.17) is 14.2 Å². The Labute approximate surface area is 190 Å². The maximum absolute atomic E-state index is 12.6. The largest absolute Gasteiger partial charge is 0.459 e. The molecule has 3 rings (SSSR count). The van der Waals surface area contributed by atoms with Crippen LogP contribution in [0.3, 0.4) is 0 Å². The van der Waals surface area contributed by atoms with Crippen LogP contribution in [0.4, 0.5) is 4.79 Å². The lowest BCUT2D eigenvalue weighted by Gasteiger charge is -2.47. The normalized spacial score (nSPS) is 39.5. The van der Waals surface area contributed by atoms with Crippen LogP contribution in [-0.4, -0.2) is 60.1 Å². The Kier molecular flexibility index (Phi) is 8.42. The fourth-order valence-corrected chi connectivity index (χ4v) is 5.60. The number of carbonyl (C=O) groups excluding carboxylic acids is 2. The van der Waals surface area contributed by atoms with Gasteiger partial charge in [-0.3, -0.25) is 4.79 Å². The molecule has 0 aliphatic carbocycles. The number of thioether (sulfide) groups is 1. The Hall–Kier alpha value is -1.57. The molecule has 0 N–H and O–H groups in total. The number of likely N-dealkylation sites (N-methyl/N-ethyl adjacent to an activating group) is 1. The molecule has 0 spiro atoms. The van der Waals surface area contributed by atoms with E-state index in [1.54, 1.807) is 25.1 Å². The van der Waals surface area contributed by atoms with Crippen LogP contribution in [0.25, 0.3) is 0 Å². The summed E-state index contributed by atoms with van der Waals surface area (Å²) < 4.78 is 18.4. The number of hydrogen-bond acceptors (Lipinski definition) is 6. The van der Waals surface area contributed by atoms with Gasteiger partial charge in [0.1, 0.15) is 6.10 Å². The first-order chi connectivity index (χ1) is 14.8. The number of nitrogens with zero attached hydrogens (tertiary/aromatic N) is 1. The van der Waals surface area contributed by atoms with Crippen LogP contribution in [-0.2, 0) is 19.0 Å². The Bertz CT molecular complexity index is 748. The van der Waals surface area contributed by atoms with E-state index in [0.29, 0.717) is 24.5 Å². The van der Waals surface area contributed by atoms with E-state index in [9.17, 15) is 9.59 Å². The number of hydrogen-bond donors (Lipinski definition) is 0. The van der Waals surface area contributed by atoms with E-state index >= 15 is 0 Å². The molecule has 3 heterocycles. The van der Waals surface area contributed by atoms with E-state index in [-0.39, 0.29) is 29.5 Å². The molecule has 0 aromatic carbocycles. The summed E-state index contributed by atoms with van der Waals surface area (Å²) >= 11 is 1.28. The number of fused-ring (bicyclic) bond motifs is 2. The van der Waals surface area contributed by atoms with Crippen LogP contribution >= 0.6 is 11.8 Å². The number of esters is 1. The smallest absolute Gasteiger partial charge is 0.330 e. The first-order valence-electron chi connectivity index (χ1n) is 11.2. The molecule has 2 saturated heterocycles. The molecule has 0 aromatic heterocycles. The highest BCUT2D eigenvalue weighted by Crippen LogP contribution is 2.41. The van der Waals surface area contributed by atoms with Gasteiger partial charge in [-0.1, -0.05) is 48.6 Å². The van der Waals surface area contributed by atoms with Gasteiger partial charge in [0, 0.05) is 38.8 Å². The van der Waals surface area contributed by atoms with Crippen molar-refractivity contribution < 1.29 is 23.8 Å². The molecular formula is C24H35NO5S. The van der Waals surface area contributed by atoms with E-state index in [1.165, 1.54) is 11.8 Å². The minimum Gasteiger partial charge on any atom is -0.459 e. The third kappa shape index (κ3) is 6.24. The summed E-state index contributed by atoms with van der Waals surface area (Å²) in [5.41, 5.74) is 0.998. The second kappa shape index (κ2) is 10.8. The van der Waals surface area contributed by atoms with Crippen molar-refractivity contribution in [3.05, 3.63) is 36.0 Å². The van der Waals surface area contributed by atoms with Gasteiger partial charge < -0.3 is 19.1 Å². The summed E-state index contributed by atoms with van der Waals surface area (Å²) in [5, 5.41) is 0.0144. The Morgan fingerprint density at radius 1 is 1.23 bits per heavy atom. The Morgan fingerprint density at radius 3 is 2.74 bits per heavy atom. The van der Waals surface area contributed by atoms with Crippen LogP contribution in [0.2, 0.25) is 0 Å². The molecule has 3 aliphatic rings. The quantitative estimate of drug-likeness (QED) is 0.561. The number of amides is 1. The zero-order chi connectivity index (χ0) is 22.4. The van der Waals surface area contributed by atoms with Crippen molar-refractivity contribution in [3.63, 3.8) is 0 Å². The van der Waals surface area contributed by atoms with E-state index < -0.39 is 5.79 Å². The zero-order valence-electron chi connectivity index (χ0n) is 19.0. The van der Waals surface area contributed by atoms with Gasteiger partial charge in [0.15, 0.2) is 5.79 Å². The fraction of sp³-hybridized carbons (Fsp3) is 0.667. The van der Waals surface area contributed by atoms with Gasteiger partial charge in [0.05, 0.1) is 12.1 Å². The monoisotopic (exact) mass is 449 g/mol. The molecule has 2 fully saturated rings. The molecule has 0 aromatic rings. The molecule has 0 radical (unpaired) electrons. The Balaban J connectivity index is 1.85. The minimum absolute atomic E-state index is 0.0144. The lowest BCUT2D eigenvalue weighted by atomic mass is 9.90. The van der Waals surface area contributed by atoms with Crippen molar-refractivity contribution in [2.75, 3.05) is 19.9 Å². The van der Waals surface area contributed by atoms with Gasteiger partial charge in [0.25, 0.3) is 5.24 Å². The fourth-order valence-electron chi connectivity index (χ4n) is 4.49. The lowest BCUT2D eigenvalue weighted by Crippen LogP contribution is -2.59. The number of rotatable bonds is 2. The van der Waals surface area contributed by atoms with Crippen molar-refractivity contribution in [2.24, 2.45) is 5.92 Å². The van der Waals surface area contributed by atoms with Crippen molar-refractivity contribution in [3.8, 4) is 0 Å². The highest BCUT2D eigenvalue weighted by molar-refractivity contribution is 8.13. The van der Waals surface area contributed by atoms with Crippen LogP contribution in [0.15, 0.2) is 36.0 Å². The molecule has 6 nitrogen and oxygen atoms in total. The molecule has 3 aliphatic heterocycles. The summed E-state index contributed by atoms with van der Waals surface area (Å²) in [6.45, 7) is 4.16. The minimum atomic E-state index is -0.978. The highest BCUT2D eigenvalue weighted by atomic mass is 32.2. The van der Waals surface area contributed by atoms with Crippen molar-refractivity contribution >= 4 is 23.0 Å². The Morgan fingerprint density at radius 2 is 2.03 bits per heavy atom. The molecule has 0 unspecified atom stereocenters. The molecule has 31 heavy (non-hydrogen) atoms. The van der Waals surface area contributed by atoms with Crippen LogP contribution in [0.5, 0.6) is 0 Å². The average Bonchev–Trinajstić information content (AvgIpc) is 3.07. The van der Waals surface area contributed by atoms with Gasteiger partial charge in [-0.15, -0.1) is 0 Å². The molecule has 1 amide bonds. The van der Waals surface area contributed by atoms with Gasteiger partial charge in [-0.2, -0.15) is 0 Å². The topological polar surface area (TPSA) is 65.1 Å². The van der Waals surface area contributed by atoms with E-state index in [2.05, 4.69) is 31.2 Å². The van der Waals surface area contributed by atoms with Gasteiger partial charge in [0.2, 0.25) is 0 Å². The number of methoxy groups -OCH3 is 1.